The van der Waals surface area contributed by atoms with E-state index in [0.717, 1.165) is 5.92 Å². The van der Waals surface area contributed by atoms with Crippen molar-refractivity contribution < 1.29 is 0 Å². The zero-order valence-electron chi connectivity index (χ0n) is 18.9. The van der Waals surface area contributed by atoms with Crippen LogP contribution in [0.3, 0.4) is 0 Å². The molecule has 1 atom stereocenters. The fourth-order valence-corrected chi connectivity index (χ4v) is 1.71. The fraction of sp³-hybridized carbons (Fsp3) is 0.826. The molecule has 1 fully saturated rings. The van der Waals surface area contributed by atoms with Crippen LogP contribution in [0.4, 0.5) is 0 Å². The minimum absolute atomic E-state index is 0.738. The maximum atomic E-state index is 3.90. The van der Waals surface area contributed by atoms with Gasteiger partial charge in [0.05, 0.1) is 0 Å². The molecule has 1 heteroatoms. The maximum absolute atomic E-state index is 3.90. The Balaban J connectivity index is -0.000000114. The van der Waals surface area contributed by atoms with E-state index in [1.807, 2.05) is 19.9 Å². The summed E-state index contributed by atoms with van der Waals surface area (Å²) in [5, 5.41) is 0. The number of rotatable bonds is 5. The molecule has 148 valence electrons. The SMILES string of the molecule is C=CC1CCC(=C)C1.CC.CCC.CCCC.CCCN(C)CC. The molecule has 0 aromatic carbocycles. The summed E-state index contributed by atoms with van der Waals surface area (Å²) in [6.45, 7) is 27.0. The van der Waals surface area contributed by atoms with Gasteiger partial charge in [0.2, 0.25) is 0 Å². The summed E-state index contributed by atoms with van der Waals surface area (Å²) < 4.78 is 0. The van der Waals surface area contributed by atoms with Crippen molar-refractivity contribution in [3.8, 4) is 0 Å². The zero-order valence-corrected chi connectivity index (χ0v) is 18.9. The molecule has 0 heterocycles. The van der Waals surface area contributed by atoms with Crippen molar-refractivity contribution in [1.82, 2.24) is 4.90 Å². The van der Waals surface area contributed by atoms with E-state index in [2.05, 4.69) is 66.6 Å². The molecular formula is C23H51N. The van der Waals surface area contributed by atoms with E-state index in [1.165, 1.54) is 63.6 Å². The van der Waals surface area contributed by atoms with Crippen molar-refractivity contribution in [2.75, 3.05) is 20.1 Å². The van der Waals surface area contributed by atoms with E-state index in [1.54, 1.807) is 0 Å². The molecule has 0 radical (unpaired) electrons. The summed E-state index contributed by atoms with van der Waals surface area (Å²) in [6, 6.07) is 0. The molecule has 0 saturated heterocycles. The van der Waals surface area contributed by atoms with Gasteiger partial charge in [-0.15, -0.1) is 6.58 Å². The van der Waals surface area contributed by atoms with E-state index in [4.69, 9.17) is 0 Å². The Morgan fingerprint density at radius 3 is 1.58 bits per heavy atom. The van der Waals surface area contributed by atoms with Crippen LogP contribution >= 0.6 is 0 Å². The predicted octanol–water partition coefficient (Wildman–Crippen LogP) is 8.13. The molecule has 1 saturated carbocycles. The van der Waals surface area contributed by atoms with E-state index >= 15 is 0 Å². The molecule has 1 aliphatic rings. The fourth-order valence-electron chi connectivity index (χ4n) is 1.71. The molecule has 1 unspecified atom stereocenters. The average Bonchev–Trinajstić information content (AvgIpc) is 3.04. The standard InChI is InChI=1S/C8H12.C6H15N.C4H10.C3H8.C2H6/c1-3-8-5-4-7(2)6-8;1-4-6-7(3)5-2;1-3-4-2;1-3-2;1-2/h3,8H,1-2,4-6H2;4-6H2,1-3H3;3-4H2,1-2H3;3H2,1-2H3;1-2H3. The Morgan fingerprint density at radius 1 is 1.00 bits per heavy atom. The third-order valence-electron chi connectivity index (χ3n) is 3.40. The quantitative estimate of drug-likeness (QED) is 0.456. The van der Waals surface area contributed by atoms with Crippen LogP contribution in [0.15, 0.2) is 24.8 Å². The summed E-state index contributed by atoms with van der Waals surface area (Å²) in [5.41, 5.74) is 1.40. The highest BCUT2D eigenvalue weighted by Crippen LogP contribution is 2.28. The normalized spacial score (nSPS) is 14.8. The van der Waals surface area contributed by atoms with Crippen LogP contribution in [0.2, 0.25) is 0 Å². The monoisotopic (exact) mass is 341 g/mol. The molecule has 0 N–H and O–H groups in total. The Kier molecular flexibility index (Phi) is 39.5. The first-order valence-electron chi connectivity index (χ1n) is 10.4. The highest BCUT2D eigenvalue weighted by Gasteiger charge is 2.13. The van der Waals surface area contributed by atoms with Crippen LogP contribution in [-0.4, -0.2) is 25.0 Å². The van der Waals surface area contributed by atoms with Crippen LogP contribution in [0.1, 0.15) is 100 Å². The Labute approximate surface area is 156 Å². The van der Waals surface area contributed by atoms with Gasteiger partial charge in [0.25, 0.3) is 0 Å². The lowest BCUT2D eigenvalue weighted by Crippen LogP contribution is -2.17. The van der Waals surface area contributed by atoms with Crippen molar-refractivity contribution >= 4 is 0 Å². The Hall–Kier alpha value is -0.560. The third-order valence-corrected chi connectivity index (χ3v) is 3.40. The van der Waals surface area contributed by atoms with Gasteiger partial charge in [-0.2, -0.15) is 0 Å². The number of hydrogen-bond donors (Lipinski definition) is 0. The van der Waals surface area contributed by atoms with Crippen LogP contribution in [-0.2, 0) is 0 Å². The van der Waals surface area contributed by atoms with E-state index < -0.39 is 0 Å². The molecule has 0 aromatic heterocycles. The van der Waals surface area contributed by atoms with E-state index in [9.17, 15) is 0 Å². The van der Waals surface area contributed by atoms with Gasteiger partial charge in [0.15, 0.2) is 0 Å². The summed E-state index contributed by atoms with van der Waals surface area (Å²) in [5.74, 6) is 0.738. The summed E-state index contributed by atoms with van der Waals surface area (Å²) >= 11 is 0. The van der Waals surface area contributed by atoms with Gasteiger partial charge < -0.3 is 4.90 Å². The minimum atomic E-state index is 0.738. The molecule has 24 heavy (non-hydrogen) atoms. The largest absolute Gasteiger partial charge is 0.307 e. The zero-order chi connectivity index (χ0) is 19.8. The van der Waals surface area contributed by atoms with Crippen LogP contribution in [0, 0.1) is 5.92 Å². The van der Waals surface area contributed by atoms with Crippen molar-refractivity contribution in [2.45, 2.75) is 100 Å². The first kappa shape index (κ1) is 31.2. The van der Waals surface area contributed by atoms with Crippen LogP contribution in [0.25, 0.3) is 0 Å². The van der Waals surface area contributed by atoms with Crippen molar-refractivity contribution in [3.63, 3.8) is 0 Å². The number of unbranched alkanes of at least 4 members (excludes halogenated alkanes) is 1. The molecule has 0 amide bonds. The lowest BCUT2D eigenvalue weighted by molar-refractivity contribution is 0.353. The topological polar surface area (TPSA) is 3.24 Å². The molecule has 1 rings (SSSR count). The summed E-state index contributed by atoms with van der Waals surface area (Å²) in [7, 11) is 2.14. The Bertz CT molecular complexity index is 218. The second-order valence-electron chi connectivity index (χ2n) is 6.09. The summed E-state index contributed by atoms with van der Waals surface area (Å²) in [6.07, 6.45) is 10.9. The van der Waals surface area contributed by atoms with Gasteiger partial charge in [-0.25, -0.2) is 0 Å². The van der Waals surface area contributed by atoms with Crippen molar-refractivity contribution in [2.24, 2.45) is 5.92 Å². The average molecular weight is 342 g/mol. The van der Waals surface area contributed by atoms with Crippen LogP contribution < -0.4 is 0 Å². The Morgan fingerprint density at radius 2 is 1.46 bits per heavy atom. The highest BCUT2D eigenvalue weighted by molar-refractivity contribution is 5.05. The number of allylic oxidation sites excluding steroid dienone is 2. The lowest BCUT2D eigenvalue weighted by Gasteiger charge is -2.10. The maximum Gasteiger partial charge on any atom is -0.00245 e. The molecule has 0 bridgehead atoms. The van der Waals surface area contributed by atoms with Crippen molar-refractivity contribution in [3.05, 3.63) is 24.8 Å². The summed E-state index contributed by atoms with van der Waals surface area (Å²) in [4.78, 5) is 2.31. The molecule has 0 spiro atoms. The van der Waals surface area contributed by atoms with E-state index in [0.29, 0.717) is 0 Å². The second kappa shape index (κ2) is 30.3. The first-order valence-corrected chi connectivity index (χ1v) is 10.4. The molecule has 1 aliphatic carbocycles. The van der Waals surface area contributed by atoms with Gasteiger partial charge in [-0.3, -0.25) is 0 Å². The van der Waals surface area contributed by atoms with Gasteiger partial charge >= 0.3 is 0 Å². The van der Waals surface area contributed by atoms with Gasteiger partial charge in [-0.1, -0.05) is 92.9 Å². The number of hydrogen-bond acceptors (Lipinski definition) is 1. The molecule has 1 nitrogen and oxygen atoms in total. The van der Waals surface area contributed by atoms with Gasteiger partial charge in [0.1, 0.15) is 0 Å². The number of nitrogens with zero attached hydrogens (tertiary/aromatic N) is 1. The van der Waals surface area contributed by atoms with Gasteiger partial charge in [-0.05, 0) is 51.7 Å². The second-order valence-corrected chi connectivity index (χ2v) is 6.09. The molecule has 0 aromatic rings. The van der Waals surface area contributed by atoms with Crippen molar-refractivity contribution in [1.29, 1.82) is 0 Å². The molecular weight excluding hydrogens is 290 g/mol. The predicted molar refractivity (Wildman–Crippen MR) is 118 cm³/mol. The molecule has 0 aliphatic heterocycles. The lowest BCUT2D eigenvalue weighted by atomic mass is 10.1. The minimum Gasteiger partial charge on any atom is -0.307 e. The van der Waals surface area contributed by atoms with Gasteiger partial charge in [0, 0.05) is 0 Å². The third kappa shape index (κ3) is 33.1. The van der Waals surface area contributed by atoms with E-state index in [-0.39, 0.29) is 0 Å². The first-order chi connectivity index (χ1) is 11.5. The van der Waals surface area contributed by atoms with Crippen LogP contribution in [0.5, 0.6) is 0 Å². The smallest absolute Gasteiger partial charge is 0.00245 e. The highest BCUT2D eigenvalue weighted by atomic mass is 15.1.